The van der Waals surface area contributed by atoms with Crippen molar-refractivity contribution in [1.82, 2.24) is 9.78 Å². The molecule has 6 heteroatoms. The third-order valence-corrected chi connectivity index (χ3v) is 4.44. The number of aromatic nitrogens is 2. The van der Waals surface area contributed by atoms with Crippen LogP contribution in [-0.2, 0) is 15.1 Å². The summed E-state index contributed by atoms with van der Waals surface area (Å²) in [6.07, 6.45) is 4.39. The zero-order valence-corrected chi connectivity index (χ0v) is 12.9. The van der Waals surface area contributed by atoms with Gasteiger partial charge in [-0.1, -0.05) is 18.2 Å². The predicted molar refractivity (Wildman–Crippen MR) is 82.4 cm³/mol. The fourth-order valence-electron chi connectivity index (χ4n) is 3.01. The van der Waals surface area contributed by atoms with E-state index in [9.17, 15) is 14.3 Å². The molecule has 122 valence electrons. The second-order valence-electron chi connectivity index (χ2n) is 6.17. The first-order chi connectivity index (χ1) is 11.0. The van der Waals surface area contributed by atoms with Crippen LogP contribution in [0.3, 0.4) is 0 Å². The molecule has 0 saturated carbocycles. The Hall–Kier alpha value is -2.21. The molecule has 0 amide bonds. The molecule has 1 N–H and O–H groups in total. The highest BCUT2D eigenvalue weighted by atomic mass is 19.1. The average Bonchev–Trinajstić information content (AvgIpc) is 3.18. The van der Waals surface area contributed by atoms with Gasteiger partial charge in [-0.05, 0) is 31.7 Å². The minimum absolute atomic E-state index is 0.192. The number of nitrogens with zero attached hydrogens (tertiary/aromatic N) is 2. The minimum Gasteiger partial charge on any atom is -0.479 e. The van der Waals surface area contributed by atoms with E-state index in [4.69, 9.17) is 4.74 Å². The van der Waals surface area contributed by atoms with E-state index in [0.717, 1.165) is 6.42 Å². The van der Waals surface area contributed by atoms with Crippen LogP contribution in [0.1, 0.15) is 19.8 Å². The van der Waals surface area contributed by atoms with Crippen LogP contribution in [0, 0.1) is 11.7 Å². The van der Waals surface area contributed by atoms with E-state index >= 15 is 0 Å². The largest absolute Gasteiger partial charge is 0.479 e. The molecule has 2 atom stereocenters. The molecular formula is C17H19FN2O3. The highest BCUT2D eigenvalue weighted by molar-refractivity contribution is 5.76. The number of carbonyl (C=O) groups is 1. The van der Waals surface area contributed by atoms with Crippen molar-refractivity contribution in [2.24, 2.45) is 5.92 Å². The van der Waals surface area contributed by atoms with Crippen molar-refractivity contribution in [2.45, 2.75) is 25.3 Å². The van der Waals surface area contributed by atoms with Crippen molar-refractivity contribution in [3.05, 3.63) is 42.5 Å². The maximum absolute atomic E-state index is 13.9. The normalized spacial score (nSPS) is 20.3. The molecule has 0 aliphatic carbocycles. The quantitative estimate of drug-likeness (QED) is 0.920. The second-order valence-corrected chi connectivity index (χ2v) is 6.17. The Labute approximate surface area is 133 Å². The molecule has 2 unspecified atom stereocenters. The highest BCUT2D eigenvalue weighted by Gasteiger charge is 2.39. The third-order valence-electron chi connectivity index (χ3n) is 4.44. The summed E-state index contributed by atoms with van der Waals surface area (Å²) < 4.78 is 20.7. The Morgan fingerprint density at radius 1 is 1.52 bits per heavy atom. The van der Waals surface area contributed by atoms with Crippen LogP contribution in [0.15, 0.2) is 36.7 Å². The lowest BCUT2D eigenvalue weighted by molar-refractivity contribution is -0.148. The Balaban J connectivity index is 1.92. The van der Waals surface area contributed by atoms with Gasteiger partial charge >= 0.3 is 5.97 Å². The zero-order chi connectivity index (χ0) is 16.4. The summed E-state index contributed by atoms with van der Waals surface area (Å²) in [6.45, 7) is 2.88. The van der Waals surface area contributed by atoms with Gasteiger partial charge in [0, 0.05) is 30.5 Å². The lowest BCUT2D eigenvalue weighted by Gasteiger charge is -2.27. The van der Waals surface area contributed by atoms with Gasteiger partial charge < -0.3 is 9.84 Å². The molecular weight excluding hydrogens is 299 g/mol. The molecule has 2 heterocycles. The van der Waals surface area contributed by atoms with Crippen LogP contribution in [0.2, 0.25) is 0 Å². The number of ether oxygens (including phenoxy) is 1. The van der Waals surface area contributed by atoms with Gasteiger partial charge in [-0.15, -0.1) is 0 Å². The van der Waals surface area contributed by atoms with Crippen LogP contribution in [0.25, 0.3) is 11.1 Å². The number of hydrogen-bond acceptors (Lipinski definition) is 3. The summed E-state index contributed by atoms with van der Waals surface area (Å²) >= 11 is 0. The molecule has 1 aliphatic heterocycles. The molecule has 0 radical (unpaired) electrons. The standard InChI is InChI=1S/C17H19FN2O3/c1-17(16(21)22,8-12-6-7-23-11-12)20-10-13(9-19-20)14-4-2-3-5-15(14)18/h2-5,9-10,12H,6-8,11H2,1H3,(H,21,22). The molecule has 0 bridgehead atoms. The second kappa shape index (κ2) is 6.12. The maximum Gasteiger partial charge on any atom is 0.331 e. The van der Waals surface area contributed by atoms with Crippen LogP contribution >= 0.6 is 0 Å². The van der Waals surface area contributed by atoms with Gasteiger partial charge in [-0.3, -0.25) is 4.68 Å². The molecule has 5 nitrogen and oxygen atoms in total. The van der Waals surface area contributed by atoms with E-state index in [2.05, 4.69) is 5.10 Å². The van der Waals surface area contributed by atoms with Gasteiger partial charge in [-0.25, -0.2) is 9.18 Å². The van der Waals surface area contributed by atoms with E-state index < -0.39 is 11.5 Å². The number of carboxylic acid groups (broad SMARTS) is 1. The Bertz CT molecular complexity index is 709. The first-order valence-electron chi connectivity index (χ1n) is 7.62. The minimum atomic E-state index is -1.18. The van der Waals surface area contributed by atoms with Crippen molar-refractivity contribution >= 4 is 5.97 Å². The fraction of sp³-hybridized carbons (Fsp3) is 0.412. The summed E-state index contributed by atoms with van der Waals surface area (Å²) in [5, 5.41) is 13.9. The molecule has 3 rings (SSSR count). The average molecular weight is 318 g/mol. The van der Waals surface area contributed by atoms with Crippen molar-refractivity contribution in [1.29, 1.82) is 0 Å². The summed E-state index contributed by atoms with van der Waals surface area (Å²) in [5.41, 5.74) is -0.198. The van der Waals surface area contributed by atoms with Crippen LogP contribution < -0.4 is 0 Å². The number of hydrogen-bond donors (Lipinski definition) is 1. The number of halogens is 1. The molecule has 0 spiro atoms. The summed E-state index contributed by atoms with van der Waals surface area (Å²) in [4.78, 5) is 11.8. The number of carboxylic acids is 1. The van der Waals surface area contributed by atoms with Crippen LogP contribution in [0.5, 0.6) is 0 Å². The van der Waals surface area contributed by atoms with E-state index in [1.54, 1.807) is 31.3 Å². The molecule has 1 aliphatic rings. The molecule has 1 saturated heterocycles. The first-order valence-corrected chi connectivity index (χ1v) is 7.62. The molecule has 1 aromatic carbocycles. The number of rotatable bonds is 5. The van der Waals surface area contributed by atoms with Gasteiger partial charge in [0.25, 0.3) is 0 Å². The Morgan fingerprint density at radius 2 is 2.30 bits per heavy atom. The van der Waals surface area contributed by atoms with E-state index in [0.29, 0.717) is 30.8 Å². The van der Waals surface area contributed by atoms with Crippen LogP contribution in [0.4, 0.5) is 4.39 Å². The van der Waals surface area contributed by atoms with E-state index in [1.165, 1.54) is 16.9 Å². The summed E-state index contributed by atoms with van der Waals surface area (Å²) in [7, 11) is 0. The third kappa shape index (κ3) is 2.99. The molecule has 23 heavy (non-hydrogen) atoms. The van der Waals surface area contributed by atoms with Gasteiger partial charge in [-0.2, -0.15) is 5.10 Å². The van der Waals surface area contributed by atoms with Gasteiger partial charge in [0.15, 0.2) is 5.54 Å². The van der Waals surface area contributed by atoms with Crippen molar-refractivity contribution in [2.75, 3.05) is 13.2 Å². The van der Waals surface area contributed by atoms with Crippen molar-refractivity contribution in [3.63, 3.8) is 0 Å². The van der Waals surface area contributed by atoms with Gasteiger partial charge in [0.05, 0.1) is 6.20 Å². The van der Waals surface area contributed by atoms with Crippen LogP contribution in [-0.4, -0.2) is 34.1 Å². The smallest absolute Gasteiger partial charge is 0.331 e. The van der Waals surface area contributed by atoms with Crippen molar-refractivity contribution in [3.8, 4) is 11.1 Å². The number of benzene rings is 1. The Kier molecular flexibility index (Phi) is 4.17. The number of aliphatic carboxylic acids is 1. The highest BCUT2D eigenvalue weighted by Crippen LogP contribution is 2.31. The SMILES string of the molecule is CC(CC1CCOC1)(C(=O)O)n1cc(-c2ccccc2F)cn1. The zero-order valence-electron chi connectivity index (χ0n) is 12.9. The first kappa shape index (κ1) is 15.7. The van der Waals surface area contributed by atoms with E-state index in [1.807, 2.05) is 0 Å². The maximum atomic E-state index is 13.9. The van der Waals surface area contributed by atoms with Gasteiger partial charge in [0.2, 0.25) is 0 Å². The monoisotopic (exact) mass is 318 g/mol. The topological polar surface area (TPSA) is 64.3 Å². The summed E-state index contributed by atoms with van der Waals surface area (Å²) in [5.74, 6) is -1.11. The lowest BCUT2D eigenvalue weighted by atomic mass is 9.88. The fourth-order valence-corrected chi connectivity index (χ4v) is 3.01. The van der Waals surface area contributed by atoms with Crippen molar-refractivity contribution < 1.29 is 19.0 Å². The predicted octanol–water partition coefficient (Wildman–Crippen LogP) is 2.92. The van der Waals surface area contributed by atoms with Gasteiger partial charge in [0.1, 0.15) is 5.82 Å². The molecule has 1 aromatic heterocycles. The Morgan fingerprint density at radius 3 is 2.96 bits per heavy atom. The lowest BCUT2D eigenvalue weighted by Crippen LogP contribution is -2.41. The summed E-state index contributed by atoms with van der Waals surface area (Å²) in [6, 6.07) is 6.38. The molecule has 1 fully saturated rings. The molecule has 2 aromatic rings. The van der Waals surface area contributed by atoms with E-state index in [-0.39, 0.29) is 11.7 Å².